The molecule has 108 valence electrons. The van der Waals surface area contributed by atoms with Crippen LogP contribution in [0.25, 0.3) is 0 Å². The number of carbonyl (C=O) groups is 2. The Morgan fingerprint density at radius 1 is 1.20 bits per heavy atom. The molecule has 0 unspecified atom stereocenters. The molecular formula is C15H19NO4. The Kier molecular flexibility index (Phi) is 7.06. The predicted molar refractivity (Wildman–Crippen MR) is 75.1 cm³/mol. The molecule has 1 aromatic carbocycles. The smallest absolute Gasteiger partial charge is 0.339 e. The molecule has 0 saturated carbocycles. The monoisotopic (exact) mass is 277 g/mol. The average molecular weight is 277 g/mol. The average Bonchev–Trinajstić information content (AvgIpc) is 2.46. The summed E-state index contributed by atoms with van der Waals surface area (Å²) in [6, 6.07) is 8.78. The molecule has 0 amide bonds. The Balaban J connectivity index is 2.04. The van der Waals surface area contributed by atoms with Crippen LogP contribution in [0.1, 0.15) is 23.7 Å². The molecule has 0 bridgehead atoms. The summed E-state index contributed by atoms with van der Waals surface area (Å²) in [5.74, 6) is -0.757. The van der Waals surface area contributed by atoms with Crippen LogP contribution in [0, 0.1) is 0 Å². The molecule has 0 aliphatic heterocycles. The summed E-state index contributed by atoms with van der Waals surface area (Å²) in [6.45, 7) is 6.11. The third kappa shape index (κ3) is 6.15. The van der Waals surface area contributed by atoms with Crippen LogP contribution in [-0.4, -0.2) is 31.8 Å². The van der Waals surface area contributed by atoms with Crippen molar-refractivity contribution in [2.24, 2.45) is 0 Å². The highest BCUT2D eigenvalue weighted by molar-refractivity contribution is 5.89. The van der Waals surface area contributed by atoms with Gasteiger partial charge in [-0.05, 0) is 25.5 Å². The molecule has 5 nitrogen and oxygen atoms in total. The Labute approximate surface area is 118 Å². The first kappa shape index (κ1) is 15.9. The van der Waals surface area contributed by atoms with Gasteiger partial charge in [0.05, 0.1) is 12.2 Å². The second kappa shape index (κ2) is 8.87. The zero-order valence-electron chi connectivity index (χ0n) is 11.6. The predicted octanol–water partition coefficient (Wildman–Crippen LogP) is 1.90. The van der Waals surface area contributed by atoms with E-state index in [1.807, 2.05) is 6.07 Å². The third-order valence-corrected chi connectivity index (χ3v) is 2.39. The summed E-state index contributed by atoms with van der Waals surface area (Å²) in [6.07, 6.45) is 0.641. The molecule has 5 heteroatoms. The summed E-state index contributed by atoms with van der Waals surface area (Å²) >= 11 is 0. The zero-order valence-corrected chi connectivity index (χ0v) is 11.6. The summed E-state index contributed by atoms with van der Waals surface area (Å²) in [5.41, 5.74) is 0.902. The van der Waals surface area contributed by atoms with Crippen molar-refractivity contribution >= 4 is 11.9 Å². The Morgan fingerprint density at radius 3 is 2.55 bits per heavy atom. The highest BCUT2D eigenvalue weighted by Gasteiger charge is 2.05. The third-order valence-electron chi connectivity index (χ3n) is 2.39. The van der Waals surface area contributed by atoms with Gasteiger partial charge in [-0.3, -0.25) is 5.32 Å². The van der Waals surface area contributed by atoms with Crippen molar-refractivity contribution in [3.05, 3.63) is 48.0 Å². The second-order valence-corrected chi connectivity index (χ2v) is 4.21. The van der Waals surface area contributed by atoms with Gasteiger partial charge in [-0.25, -0.2) is 9.59 Å². The number of ether oxygens (including phenoxy) is 2. The van der Waals surface area contributed by atoms with Gasteiger partial charge in [0.1, 0.15) is 6.73 Å². The van der Waals surface area contributed by atoms with Gasteiger partial charge < -0.3 is 9.47 Å². The summed E-state index contributed by atoms with van der Waals surface area (Å²) < 4.78 is 9.94. The van der Waals surface area contributed by atoms with Crippen LogP contribution < -0.4 is 5.32 Å². The lowest BCUT2D eigenvalue weighted by molar-refractivity contribution is -0.139. The van der Waals surface area contributed by atoms with Crippen LogP contribution in [0.5, 0.6) is 0 Å². The van der Waals surface area contributed by atoms with Crippen LogP contribution in [0.3, 0.4) is 0 Å². The molecule has 0 aliphatic rings. The minimum absolute atomic E-state index is 0.127. The molecule has 0 saturated heterocycles. The van der Waals surface area contributed by atoms with Gasteiger partial charge in [-0.15, -0.1) is 0 Å². The Hall–Kier alpha value is -2.14. The van der Waals surface area contributed by atoms with Gasteiger partial charge in [0.2, 0.25) is 0 Å². The topological polar surface area (TPSA) is 64.6 Å². The molecule has 0 aliphatic carbocycles. The van der Waals surface area contributed by atoms with Crippen LogP contribution in [-0.2, 0) is 14.3 Å². The summed E-state index contributed by atoms with van der Waals surface area (Å²) in [4.78, 5) is 22.6. The van der Waals surface area contributed by atoms with Crippen LogP contribution >= 0.6 is 0 Å². The molecule has 0 spiro atoms. The van der Waals surface area contributed by atoms with E-state index in [0.29, 0.717) is 30.7 Å². The highest BCUT2D eigenvalue weighted by atomic mass is 16.5. The molecule has 0 fully saturated rings. The number of nitrogens with one attached hydrogen (secondary N) is 1. The number of rotatable bonds is 8. The fraction of sp³-hybridized carbons (Fsp3) is 0.333. The number of benzene rings is 1. The van der Waals surface area contributed by atoms with Crippen molar-refractivity contribution in [1.82, 2.24) is 5.32 Å². The van der Waals surface area contributed by atoms with Crippen LogP contribution in [0.4, 0.5) is 0 Å². The fourth-order valence-corrected chi connectivity index (χ4v) is 1.33. The molecule has 0 heterocycles. The largest absolute Gasteiger partial charge is 0.462 e. The molecular weight excluding hydrogens is 258 g/mol. The first-order chi connectivity index (χ1) is 9.61. The first-order valence-corrected chi connectivity index (χ1v) is 6.37. The van der Waals surface area contributed by atoms with E-state index in [4.69, 9.17) is 9.47 Å². The van der Waals surface area contributed by atoms with E-state index in [-0.39, 0.29) is 18.7 Å². The van der Waals surface area contributed by atoms with E-state index < -0.39 is 0 Å². The van der Waals surface area contributed by atoms with E-state index in [1.54, 1.807) is 31.2 Å². The van der Waals surface area contributed by atoms with Crippen LogP contribution in [0.2, 0.25) is 0 Å². The lowest BCUT2D eigenvalue weighted by atomic mass is 10.2. The number of hydrogen-bond acceptors (Lipinski definition) is 5. The van der Waals surface area contributed by atoms with E-state index >= 15 is 0 Å². The van der Waals surface area contributed by atoms with Gasteiger partial charge in [0, 0.05) is 12.1 Å². The normalized spacial score (nSPS) is 9.85. The van der Waals surface area contributed by atoms with Gasteiger partial charge in [0.15, 0.2) is 0 Å². The number of hydrogen-bond donors (Lipinski definition) is 1. The molecule has 1 N–H and O–H groups in total. The maximum absolute atomic E-state index is 11.6. The molecule has 0 aromatic heterocycles. The van der Waals surface area contributed by atoms with Crippen molar-refractivity contribution in [3.63, 3.8) is 0 Å². The van der Waals surface area contributed by atoms with Crippen molar-refractivity contribution in [1.29, 1.82) is 0 Å². The minimum Gasteiger partial charge on any atom is -0.462 e. The van der Waals surface area contributed by atoms with E-state index in [2.05, 4.69) is 11.9 Å². The second-order valence-electron chi connectivity index (χ2n) is 4.21. The first-order valence-electron chi connectivity index (χ1n) is 6.37. The van der Waals surface area contributed by atoms with Gasteiger partial charge in [-0.2, -0.15) is 0 Å². The summed E-state index contributed by atoms with van der Waals surface area (Å²) in [7, 11) is 0. The van der Waals surface area contributed by atoms with Crippen LogP contribution in [0.15, 0.2) is 42.5 Å². The van der Waals surface area contributed by atoms with Gasteiger partial charge >= 0.3 is 11.9 Å². The standard InChI is InChI=1S/C15H19NO4/c1-12(2)14(17)19-10-6-9-16-11-20-15(18)13-7-4-3-5-8-13/h3-5,7-8,16H,1,6,9-11H2,2H3. The highest BCUT2D eigenvalue weighted by Crippen LogP contribution is 2.00. The number of carbonyl (C=O) groups excluding carboxylic acids is 2. The lowest BCUT2D eigenvalue weighted by Gasteiger charge is -2.07. The number of esters is 2. The van der Waals surface area contributed by atoms with E-state index in [1.165, 1.54) is 0 Å². The SMILES string of the molecule is C=C(C)C(=O)OCCCNCOC(=O)c1ccccc1. The molecule has 1 rings (SSSR count). The summed E-state index contributed by atoms with van der Waals surface area (Å²) in [5, 5.41) is 2.93. The van der Waals surface area contributed by atoms with Crippen molar-refractivity contribution in [2.75, 3.05) is 19.9 Å². The molecule has 20 heavy (non-hydrogen) atoms. The quantitative estimate of drug-likeness (QED) is 0.340. The van der Waals surface area contributed by atoms with Crippen molar-refractivity contribution in [3.8, 4) is 0 Å². The van der Waals surface area contributed by atoms with Gasteiger partial charge in [0.25, 0.3) is 0 Å². The maximum Gasteiger partial charge on any atom is 0.339 e. The molecule has 0 radical (unpaired) electrons. The van der Waals surface area contributed by atoms with Crippen molar-refractivity contribution < 1.29 is 19.1 Å². The van der Waals surface area contributed by atoms with Gasteiger partial charge in [-0.1, -0.05) is 24.8 Å². The van der Waals surface area contributed by atoms with E-state index in [9.17, 15) is 9.59 Å². The lowest BCUT2D eigenvalue weighted by Crippen LogP contribution is -2.23. The maximum atomic E-state index is 11.6. The fourth-order valence-electron chi connectivity index (χ4n) is 1.33. The van der Waals surface area contributed by atoms with E-state index in [0.717, 1.165) is 0 Å². The minimum atomic E-state index is -0.388. The zero-order chi connectivity index (χ0) is 14.8. The Bertz CT molecular complexity index is 456. The Morgan fingerprint density at radius 2 is 1.90 bits per heavy atom. The molecule has 0 atom stereocenters. The molecule has 1 aromatic rings. The van der Waals surface area contributed by atoms with Crippen molar-refractivity contribution in [2.45, 2.75) is 13.3 Å².